The highest BCUT2D eigenvalue weighted by molar-refractivity contribution is 7.88. The van der Waals surface area contributed by atoms with Gasteiger partial charge in [0.1, 0.15) is 5.75 Å². The Hall–Kier alpha value is -2.38. The van der Waals surface area contributed by atoms with Crippen LogP contribution in [0.5, 0.6) is 5.75 Å². The van der Waals surface area contributed by atoms with Gasteiger partial charge in [-0.1, -0.05) is 49.4 Å². The molecular weight excluding hydrogens is 400 g/mol. The van der Waals surface area contributed by atoms with Gasteiger partial charge in [0, 0.05) is 18.2 Å². The molecule has 4 rings (SSSR count). The molecule has 1 N–H and O–H groups in total. The second-order valence-corrected chi connectivity index (χ2v) is 10.1. The molecule has 0 aliphatic carbocycles. The SMILES string of the molecule is C[C@H]1COc2ccccc2-c2cccc(c2)C[C@H]2[C@@H](NS(C)(=O)=O)CCCN2C1=O. The molecule has 2 aromatic carbocycles. The number of hydrogen-bond acceptors (Lipinski definition) is 4. The number of nitrogens with zero attached hydrogens (tertiary/aromatic N) is 1. The van der Waals surface area contributed by atoms with Crippen LogP contribution in [0.4, 0.5) is 0 Å². The molecule has 2 heterocycles. The smallest absolute Gasteiger partial charge is 0.229 e. The van der Waals surface area contributed by atoms with Gasteiger partial charge < -0.3 is 9.64 Å². The van der Waals surface area contributed by atoms with Gasteiger partial charge in [-0.3, -0.25) is 4.79 Å². The monoisotopic (exact) mass is 428 g/mol. The Balaban J connectivity index is 1.78. The molecule has 0 saturated carbocycles. The van der Waals surface area contributed by atoms with Crippen LogP contribution < -0.4 is 9.46 Å². The summed E-state index contributed by atoms with van der Waals surface area (Å²) in [6, 6.07) is 15.5. The minimum atomic E-state index is -3.38. The number of para-hydroxylation sites is 1. The van der Waals surface area contributed by atoms with Crippen molar-refractivity contribution in [3.8, 4) is 16.9 Å². The number of sulfonamides is 1. The van der Waals surface area contributed by atoms with E-state index in [1.807, 2.05) is 48.2 Å². The van der Waals surface area contributed by atoms with Crippen molar-refractivity contribution < 1.29 is 17.9 Å². The molecule has 6 nitrogen and oxygen atoms in total. The zero-order valence-corrected chi connectivity index (χ0v) is 18.2. The fraction of sp³-hybridized carbons (Fsp3) is 0.435. The lowest BCUT2D eigenvalue weighted by Crippen LogP contribution is -2.59. The van der Waals surface area contributed by atoms with E-state index in [2.05, 4.69) is 16.9 Å². The molecular formula is C23H28N2O4S. The van der Waals surface area contributed by atoms with Gasteiger partial charge in [-0.05, 0) is 36.5 Å². The number of amides is 1. The van der Waals surface area contributed by atoms with E-state index in [0.717, 1.165) is 35.3 Å². The van der Waals surface area contributed by atoms with E-state index in [1.165, 1.54) is 6.26 Å². The Morgan fingerprint density at radius 1 is 1.13 bits per heavy atom. The predicted molar refractivity (Wildman–Crippen MR) is 117 cm³/mol. The topological polar surface area (TPSA) is 75.7 Å². The van der Waals surface area contributed by atoms with Crippen LogP contribution in [-0.4, -0.2) is 50.7 Å². The second kappa shape index (κ2) is 8.40. The number of ether oxygens (including phenoxy) is 1. The fourth-order valence-corrected chi connectivity index (χ4v) is 5.33. The molecule has 0 spiro atoms. The molecule has 2 bridgehead atoms. The van der Waals surface area contributed by atoms with Crippen LogP contribution in [0.1, 0.15) is 25.3 Å². The molecule has 1 amide bonds. The van der Waals surface area contributed by atoms with E-state index < -0.39 is 10.0 Å². The largest absolute Gasteiger partial charge is 0.492 e. The van der Waals surface area contributed by atoms with Crippen LogP contribution in [0.2, 0.25) is 0 Å². The zero-order valence-electron chi connectivity index (χ0n) is 17.4. The predicted octanol–water partition coefficient (Wildman–Crippen LogP) is 2.83. The molecule has 1 fully saturated rings. The second-order valence-electron chi connectivity index (χ2n) is 8.35. The van der Waals surface area contributed by atoms with Gasteiger partial charge in [0.05, 0.1) is 24.8 Å². The highest BCUT2D eigenvalue weighted by atomic mass is 32.2. The van der Waals surface area contributed by atoms with Gasteiger partial charge in [-0.2, -0.15) is 0 Å². The molecule has 0 unspecified atom stereocenters. The molecule has 0 radical (unpaired) electrons. The molecule has 2 aliphatic rings. The van der Waals surface area contributed by atoms with Crippen molar-refractivity contribution >= 4 is 15.9 Å². The summed E-state index contributed by atoms with van der Waals surface area (Å²) in [6.45, 7) is 2.79. The summed E-state index contributed by atoms with van der Waals surface area (Å²) >= 11 is 0. The van der Waals surface area contributed by atoms with Crippen LogP contribution in [0.25, 0.3) is 11.1 Å². The van der Waals surface area contributed by atoms with Crippen molar-refractivity contribution in [2.45, 2.75) is 38.3 Å². The van der Waals surface area contributed by atoms with Gasteiger partial charge in [-0.25, -0.2) is 13.1 Å². The summed E-state index contributed by atoms with van der Waals surface area (Å²) < 4.78 is 32.8. The summed E-state index contributed by atoms with van der Waals surface area (Å²) in [5.41, 5.74) is 3.11. The average Bonchev–Trinajstić information content (AvgIpc) is 2.71. The number of piperidine rings is 1. The van der Waals surface area contributed by atoms with Crippen LogP contribution in [0, 0.1) is 5.92 Å². The number of benzene rings is 2. The number of carbonyl (C=O) groups is 1. The summed E-state index contributed by atoms with van der Waals surface area (Å²) in [5, 5.41) is 0. The molecule has 2 aromatic rings. The highest BCUT2D eigenvalue weighted by Gasteiger charge is 2.37. The van der Waals surface area contributed by atoms with Crippen LogP contribution in [0.3, 0.4) is 0 Å². The van der Waals surface area contributed by atoms with Gasteiger partial charge in [-0.15, -0.1) is 0 Å². The number of rotatable bonds is 2. The maximum absolute atomic E-state index is 13.3. The van der Waals surface area contributed by atoms with Crippen LogP contribution in [0.15, 0.2) is 48.5 Å². The van der Waals surface area contributed by atoms with E-state index in [-0.39, 0.29) is 30.5 Å². The first-order valence-electron chi connectivity index (χ1n) is 10.4. The van der Waals surface area contributed by atoms with Crippen molar-refractivity contribution in [2.75, 3.05) is 19.4 Å². The number of carbonyl (C=O) groups excluding carboxylic acids is 1. The van der Waals surface area contributed by atoms with Gasteiger partial charge in [0.2, 0.25) is 15.9 Å². The lowest BCUT2D eigenvalue weighted by molar-refractivity contribution is -0.140. The summed E-state index contributed by atoms with van der Waals surface area (Å²) in [5.74, 6) is 0.450. The third-order valence-electron chi connectivity index (χ3n) is 5.91. The third-order valence-corrected chi connectivity index (χ3v) is 6.64. The summed E-state index contributed by atoms with van der Waals surface area (Å²) in [4.78, 5) is 15.2. The Morgan fingerprint density at radius 2 is 1.93 bits per heavy atom. The van der Waals surface area contributed by atoms with Crippen molar-refractivity contribution in [1.82, 2.24) is 9.62 Å². The van der Waals surface area contributed by atoms with E-state index in [1.54, 1.807) is 0 Å². The number of fused-ring (bicyclic) bond motifs is 5. The minimum absolute atomic E-state index is 0.00853. The van der Waals surface area contributed by atoms with E-state index in [4.69, 9.17) is 4.74 Å². The lowest BCUT2D eigenvalue weighted by Gasteiger charge is -2.42. The first kappa shape index (κ1) is 20.9. The van der Waals surface area contributed by atoms with E-state index in [9.17, 15) is 13.2 Å². The third kappa shape index (κ3) is 4.52. The first-order valence-corrected chi connectivity index (χ1v) is 12.3. The fourth-order valence-electron chi connectivity index (χ4n) is 4.50. The molecule has 2 aliphatic heterocycles. The summed E-state index contributed by atoms with van der Waals surface area (Å²) in [7, 11) is -3.38. The minimum Gasteiger partial charge on any atom is -0.492 e. The van der Waals surface area contributed by atoms with E-state index >= 15 is 0 Å². The average molecular weight is 429 g/mol. The molecule has 1 saturated heterocycles. The highest BCUT2D eigenvalue weighted by Crippen LogP contribution is 2.33. The Labute approximate surface area is 178 Å². The maximum Gasteiger partial charge on any atom is 0.229 e. The molecule has 7 heteroatoms. The van der Waals surface area contributed by atoms with E-state index in [0.29, 0.717) is 13.0 Å². The van der Waals surface area contributed by atoms with Crippen molar-refractivity contribution in [1.29, 1.82) is 0 Å². The quantitative estimate of drug-likeness (QED) is 0.798. The van der Waals surface area contributed by atoms with Crippen molar-refractivity contribution in [3.63, 3.8) is 0 Å². The first-order chi connectivity index (χ1) is 14.3. The van der Waals surface area contributed by atoms with Gasteiger partial charge >= 0.3 is 0 Å². The number of hydrogen-bond donors (Lipinski definition) is 1. The van der Waals surface area contributed by atoms with Crippen molar-refractivity contribution in [3.05, 3.63) is 54.1 Å². The van der Waals surface area contributed by atoms with Crippen LogP contribution >= 0.6 is 0 Å². The van der Waals surface area contributed by atoms with Gasteiger partial charge in [0.25, 0.3) is 0 Å². The molecule has 0 aromatic heterocycles. The Morgan fingerprint density at radius 3 is 2.73 bits per heavy atom. The number of nitrogens with one attached hydrogen (secondary N) is 1. The van der Waals surface area contributed by atoms with Crippen LogP contribution in [-0.2, 0) is 21.2 Å². The summed E-state index contributed by atoms with van der Waals surface area (Å²) in [6.07, 6.45) is 3.26. The van der Waals surface area contributed by atoms with Crippen molar-refractivity contribution in [2.24, 2.45) is 5.92 Å². The Bertz CT molecular complexity index is 1040. The zero-order chi connectivity index (χ0) is 21.3. The Kier molecular flexibility index (Phi) is 5.84. The molecule has 160 valence electrons. The lowest BCUT2D eigenvalue weighted by atomic mass is 9.89. The standard InChI is InChI=1S/C23H28N2O4S/c1-16-15-29-22-11-4-3-9-19(22)18-8-5-7-17(13-18)14-21-20(24-30(2,27)28)10-6-12-25(21)23(16)26/h3-5,7-9,11,13,16,20-21,24H,6,10,12,14-15H2,1-2H3/t16-,20-,21-/m0/s1. The van der Waals surface area contributed by atoms with Gasteiger partial charge in [0.15, 0.2) is 0 Å². The normalized spacial score (nSPS) is 24.7. The molecule has 30 heavy (non-hydrogen) atoms. The molecule has 3 atom stereocenters. The maximum atomic E-state index is 13.3.